The average Bonchev–Trinajstić information content (AvgIpc) is 2.56. The third kappa shape index (κ3) is 5.00. The quantitative estimate of drug-likeness (QED) is 0.827. The second kappa shape index (κ2) is 8.19. The van der Waals surface area contributed by atoms with Crippen molar-refractivity contribution in [3.63, 3.8) is 0 Å². The van der Waals surface area contributed by atoms with E-state index in [4.69, 9.17) is 16.3 Å². The third-order valence-electron chi connectivity index (χ3n) is 3.01. The van der Waals surface area contributed by atoms with Gasteiger partial charge in [-0.2, -0.15) is 0 Å². The summed E-state index contributed by atoms with van der Waals surface area (Å²) in [6.45, 7) is 2.56. The standard InChI is InChI=1S/C17H17ClN2O3/c1-2-23-15-6-4-3-5-14(15)20-17(22)16(21)19-11-12-7-9-13(18)10-8-12/h3-10H,2,11H2,1H3,(H,19,21)(H,20,22). The van der Waals surface area contributed by atoms with Gasteiger partial charge < -0.3 is 15.4 Å². The Morgan fingerprint density at radius 1 is 1.04 bits per heavy atom. The first-order valence-corrected chi connectivity index (χ1v) is 7.53. The summed E-state index contributed by atoms with van der Waals surface area (Å²) in [4.78, 5) is 23.8. The highest BCUT2D eigenvalue weighted by molar-refractivity contribution is 6.39. The number of hydrogen-bond acceptors (Lipinski definition) is 3. The van der Waals surface area contributed by atoms with E-state index in [1.54, 1.807) is 48.5 Å². The Balaban J connectivity index is 1.92. The summed E-state index contributed by atoms with van der Waals surface area (Å²) in [5, 5.41) is 5.71. The van der Waals surface area contributed by atoms with Crippen LogP contribution in [0.2, 0.25) is 5.02 Å². The van der Waals surface area contributed by atoms with Crippen LogP contribution < -0.4 is 15.4 Å². The van der Waals surface area contributed by atoms with Crippen LogP contribution in [0.4, 0.5) is 5.69 Å². The number of para-hydroxylation sites is 2. The summed E-state index contributed by atoms with van der Waals surface area (Å²) in [7, 11) is 0. The van der Waals surface area contributed by atoms with Gasteiger partial charge in [0.15, 0.2) is 0 Å². The van der Waals surface area contributed by atoms with Crippen LogP contribution in [0, 0.1) is 0 Å². The van der Waals surface area contributed by atoms with Crippen molar-refractivity contribution >= 4 is 29.1 Å². The lowest BCUT2D eigenvalue weighted by atomic mass is 10.2. The van der Waals surface area contributed by atoms with Crippen LogP contribution in [-0.2, 0) is 16.1 Å². The Labute approximate surface area is 139 Å². The van der Waals surface area contributed by atoms with Crippen LogP contribution in [0.25, 0.3) is 0 Å². The molecule has 0 fully saturated rings. The van der Waals surface area contributed by atoms with Crippen molar-refractivity contribution in [1.82, 2.24) is 5.32 Å². The van der Waals surface area contributed by atoms with E-state index in [0.29, 0.717) is 23.1 Å². The van der Waals surface area contributed by atoms with E-state index in [9.17, 15) is 9.59 Å². The van der Waals surface area contributed by atoms with E-state index in [0.717, 1.165) is 5.56 Å². The summed E-state index contributed by atoms with van der Waals surface area (Å²) in [6.07, 6.45) is 0. The molecule has 0 saturated carbocycles. The minimum Gasteiger partial charge on any atom is -0.492 e. The number of amides is 2. The van der Waals surface area contributed by atoms with Crippen molar-refractivity contribution in [2.45, 2.75) is 13.5 Å². The molecule has 0 saturated heterocycles. The zero-order valence-electron chi connectivity index (χ0n) is 12.6. The molecule has 2 rings (SSSR count). The van der Waals surface area contributed by atoms with E-state index in [-0.39, 0.29) is 6.54 Å². The smallest absolute Gasteiger partial charge is 0.313 e. The number of hydrogen-bond donors (Lipinski definition) is 2. The normalized spacial score (nSPS) is 10.0. The fourth-order valence-electron chi connectivity index (χ4n) is 1.90. The molecule has 2 amide bonds. The topological polar surface area (TPSA) is 67.4 Å². The van der Waals surface area contributed by atoms with Crippen molar-refractivity contribution in [3.8, 4) is 5.75 Å². The SMILES string of the molecule is CCOc1ccccc1NC(=O)C(=O)NCc1ccc(Cl)cc1. The molecule has 0 aliphatic rings. The van der Waals surface area contributed by atoms with Crippen LogP contribution in [0.15, 0.2) is 48.5 Å². The average molecular weight is 333 g/mol. The molecule has 0 heterocycles. The number of carbonyl (C=O) groups is 2. The zero-order chi connectivity index (χ0) is 16.7. The molecule has 0 aliphatic carbocycles. The maximum Gasteiger partial charge on any atom is 0.313 e. The molecule has 0 aromatic heterocycles. The Hall–Kier alpha value is -2.53. The van der Waals surface area contributed by atoms with Crippen LogP contribution >= 0.6 is 11.6 Å². The van der Waals surface area contributed by atoms with Crippen LogP contribution in [0.1, 0.15) is 12.5 Å². The van der Waals surface area contributed by atoms with Gasteiger partial charge in [-0.25, -0.2) is 0 Å². The fraction of sp³-hybridized carbons (Fsp3) is 0.176. The first kappa shape index (κ1) is 16.8. The minimum absolute atomic E-state index is 0.247. The Morgan fingerprint density at radius 3 is 2.43 bits per heavy atom. The Kier molecular flexibility index (Phi) is 6.00. The summed E-state index contributed by atoms with van der Waals surface area (Å²) in [6, 6.07) is 14.0. The van der Waals surface area contributed by atoms with Gasteiger partial charge in [0.1, 0.15) is 5.75 Å². The minimum atomic E-state index is -0.744. The monoisotopic (exact) mass is 332 g/mol. The van der Waals surface area contributed by atoms with Crippen molar-refractivity contribution in [2.24, 2.45) is 0 Å². The summed E-state index contributed by atoms with van der Waals surface area (Å²) in [5.41, 5.74) is 1.31. The number of nitrogens with one attached hydrogen (secondary N) is 2. The molecule has 0 radical (unpaired) electrons. The molecule has 0 unspecified atom stereocenters. The number of rotatable bonds is 5. The molecule has 0 bridgehead atoms. The second-order valence-corrected chi connectivity index (χ2v) is 5.13. The summed E-state index contributed by atoms with van der Waals surface area (Å²) < 4.78 is 5.40. The summed E-state index contributed by atoms with van der Waals surface area (Å²) in [5.74, 6) is -0.939. The molecule has 0 spiro atoms. The van der Waals surface area contributed by atoms with Crippen molar-refractivity contribution in [3.05, 3.63) is 59.1 Å². The van der Waals surface area contributed by atoms with Crippen LogP contribution in [-0.4, -0.2) is 18.4 Å². The van der Waals surface area contributed by atoms with Gasteiger partial charge in [0.25, 0.3) is 0 Å². The molecule has 0 aliphatic heterocycles. The highest BCUT2D eigenvalue weighted by Gasteiger charge is 2.15. The molecule has 0 atom stereocenters. The van der Waals surface area contributed by atoms with Gasteiger partial charge in [-0.1, -0.05) is 35.9 Å². The van der Waals surface area contributed by atoms with E-state index in [1.807, 2.05) is 6.92 Å². The molecule has 5 nitrogen and oxygen atoms in total. The number of halogens is 1. The van der Waals surface area contributed by atoms with Gasteiger partial charge in [-0.15, -0.1) is 0 Å². The summed E-state index contributed by atoms with van der Waals surface area (Å²) >= 11 is 5.79. The number of anilines is 1. The Morgan fingerprint density at radius 2 is 1.74 bits per heavy atom. The van der Waals surface area contributed by atoms with Gasteiger partial charge in [0.05, 0.1) is 12.3 Å². The zero-order valence-corrected chi connectivity index (χ0v) is 13.4. The lowest BCUT2D eigenvalue weighted by Crippen LogP contribution is -2.35. The molecule has 2 N–H and O–H groups in total. The van der Waals surface area contributed by atoms with E-state index in [1.165, 1.54) is 0 Å². The van der Waals surface area contributed by atoms with Gasteiger partial charge in [0, 0.05) is 11.6 Å². The van der Waals surface area contributed by atoms with Gasteiger partial charge in [-0.3, -0.25) is 9.59 Å². The van der Waals surface area contributed by atoms with Crippen molar-refractivity contribution in [2.75, 3.05) is 11.9 Å². The lowest BCUT2D eigenvalue weighted by molar-refractivity contribution is -0.136. The van der Waals surface area contributed by atoms with Crippen molar-refractivity contribution in [1.29, 1.82) is 0 Å². The van der Waals surface area contributed by atoms with Gasteiger partial charge in [0.2, 0.25) is 0 Å². The first-order chi connectivity index (χ1) is 11.1. The van der Waals surface area contributed by atoms with Gasteiger partial charge in [-0.05, 0) is 36.8 Å². The molecule has 120 valence electrons. The molecule has 23 heavy (non-hydrogen) atoms. The predicted molar refractivity (Wildman–Crippen MR) is 89.5 cm³/mol. The molecule has 6 heteroatoms. The third-order valence-corrected chi connectivity index (χ3v) is 3.26. The van der Waals surface area contributed by atoms with E-state index < -0.39 is 11.8 Å². The maximum atomic E-state index is 11.9. The maximum absolute atomic E-state index is 11.9. The first-order valence-electron chi connectivity index (χ1n) is 7.15. The molecular formula is C17H17ClN2O3. The lowest BCUT2D eigenvalue weighted by Gasteiger charge is -2.11. The van der Waals surface area contributed by atoms with Crippen LogP contribution in [0.5, 0.6) is 5.75 Å². The highest BCUT2D eigenvalue weighted by atomic mass is 35.5. The Bertz CT molecular complexity index is 686. The molecule has 2 aromatic rings. The van der Waals surface area contributed by atoms with Crippen LogP contribution in [0.3, 0.4) is 0 Å². The number of ether oxygens (including phenoxy) is 1. The second-order valence-electron chi connectivity index (χ2n) is 4.69. The van der Waals surface area contributed by atoms with E-state index in [2.05, 4.69) is 10.6 Å². The molecule has 2 aromatic carbocycles. The molecular weight excluding hydrogens is 316 g/mol. The van der Waals surface area contributed by atoms with Crippen molar-refractivity contribution < 1.29 is 14.3 Å². The van der Waals surface area contributed by atoms with Gasteiger partial charge >= 0.3 is 11.8 Å². The number of carbonyl (C=O) groups excluding carboxylic acids is 2. The fourth-order valence-corrected chi connectivity index (χ4v) is 2.02. The van der Waals surface area contributed by atoms with E-state index >= 15 is 0 Å². The largest absolute Gasteiger partial charge is 0.492 e. The highest BCUT2D eigenvalue weighted by Crippen LogP contribution is 2.23. The number of benzene rings is 2. The predicted octanol–water partition coefficient (Wildman–Crippen LogP) is 2.99.